The Morgan fingerprint density at radius 1 is 1.55 bits per heavy atom. The molecule has 2 atom stereocenters. The molecule has 1 heterocycles. The van der Waals surface area contributed by atoms with Crippen molar-refractivity contribution in [3.63, 3.8) is 0 Å². The van der Waals surface area contributed by atoms with Gasteiger partial charge in [0.15, 0.2) is 0 Å². The number of carbonyl (C=O) groups excluding carboxylic acids is 2. The van der Waals surface area contributed by atoms with E-state index >= 15 is 0 Å². The van der Waals surface area contributed by atoms with Crippen molar-refractivity contribution in [1.29, 1.82) is 0 Å². The summed E-state index contributed by atoms with van der Waals surface area (Å²) in [4.78, 5) is 25.2. The third kappa shape index (κ3) is 2.10. The molecule has 1 aliphatic carbocycles. The standard InChI is InChI=1S/C15H14BF2NO3/c1-2-22-11(20)6-19-7-15(5-10(15)17)12-8(14(19)21)3-4-9(16)13(12)18/h3-4,10H,2,5-7H2,1H3/t10-,15+/m0/s1. The van der Waals surface area contributed by atoms with Gasteiger partial charge in [0.05, 0.1) is 12.0 Å². The van der Waals surface area contributed by atoms with Crippen LogP contribution >= 0.6 is 0 Å². The van der Waals surface area contributed by atoms with Crippen molar-refractivity contribution in [1.82, 2.24) is 4.90 Å². The summed E-state index contributed by atoms with van der Waals surface area (Å²) in [5, 5.41) is 0. The second kappa shape index (κ2) is 5.07. The number of hydrogen-bond donors (Lipinski definition) is 0. The third-order valence-electron chi connectivity index (χ3n) is 4.27. The average molecular weight is 305 g/mol. The fourth-order valence-electron chi connectivity index (χ4n) is 3.09. The van der Waals surface area contributed by atoms with Gasteiger partial charge in [-0.3, -0.25) is 9.59 Å². The second-order valence-electron chi connectivity index (χ2n) is 5.69. The van der Waals surface area contributed by atoms with Gasteiger partial charge in [0, 0.05) is 17.7 Å². The molecule has 2 aliphatic rings. The first-order chi connectivity index (χ1) is 10.4. The van der Waals surface area contributed by atoms with Crippen molar-refractivity contribution in [2.24, 2.45) is 0 Å². The summed E-state index contributed by atoms with van der Waals surface area (Å²) >= 11 is 0. The third-order valence-corrected chi connectivity index (χ3v) is 4.27. The molecule has 0 N–H and O–H groups in total. The second-order valence-corrected chi connectivity index (χ2v) is 5.69. The van der Waals surface area contributed by atoms with Crippen molar-refractivity contribution < 1.29 is 23.1 Å². The summed E-state index contributed by atoms with van der Waals surface area (Å²) in [6.07, 6.45) is -1.13. The Morgan fingerprint density at radius 3 is 2.82 bits per heavy atom. The first-order valence-electron chi connectivity index (χ1n) is 7.08. The summed E-state index contributed by atoms with van der Waals surface area (Å²) in [7, 11) is 5.54. The van der Waals surface area contributed by atoms with Crippen molar-refractivity contribution in [2.75, 3.05) is 19.7 Å². The van der Waals surface area contributed by atoms with Gasteiger partial charge in [-0.2, -0.15) is 0 Å². The molecule has 1 fully saturated rings. The van der Waals surface area contributed by atoms with Crippen LogP contribution in [-0.2, 0) is 14.9 Å². The maximum Gasteiger partial charge on any atom is 0.325 e. The molecule has 0 aromatic heterocycles. The number of benzene rings is 1. The molecule has 1 spiro atoms. The van der Waals surface area contributed by atoms with Crippen LogP contribution in [0.1, 0.15) is 29.3 Å². The van der Waals surface area contributed by atoms with E-state index in [1.54, 1.807) is 6.92 Å². The predicted octanol–water partition coefficient (Wildman–Crippen LogP) is 0.618. The van der Waals surface area contributed by atoms with Gasteiger partial charge in [-0.1, -0.05) is 11.5 Å². The molecule has 1 aromatic carbocycles. The minimum atomic E-state index is -1.25. The lowest BCUT2D eigenvalue weighted by Crippen LogP contribution is -2.48. The van der Waals surface area contributed by atoms with E-state index in [-0.39, 0.29) is 42.7 Å². The van der Waals surface area contributed by atoms with Crippen LogP contribution in [0.25, 0.3) is 0 Å². The molecule has 1 aromatic rings. The minimum Gasteiger partial charge on any atom is -0.465 e. The Bertz CT molecular complexity index is 666. The highest BCUT2D eigenvalue weighted by molar-refractivity contribution is 6.32. The van der Waals surface area contributed by atoms with Gasteiger partial charge in [0.2, 0.25) is 0 Å². The summed E-state index contributed by atoms with van der Waals surface area (Å²) in [5.74, 6) is -1.81. The molecular formula is C15H14BF2NO3. The van der Waals surface area contributed by atoms with Crippen molar-refractivity contribution >= 4 is 25.2 Å². The van der Waals surface area contributed by atoms with Gasteiger partial charge in [0.1, 0.15) is 26.4 Å². The lowest BCUT2D eigenvalue weighted by molar-refractivity contribution is -0.144. The molecule has 0 bridgehead atoms. The Balaban J connectivity index is 2.00. The highest BCUT2D eigenvalue weighted by atomic mass is 19.1. The van der Waals surface area contributed by atoms with Gasteiger partial charge >= 0.3 is 5.97 Å². The zero-order valence-electron chi connectivity index (χ0n) is 12.1. The van der Waals surface area contributed by atoms with Crippen LogP contribution in [0.15, 0.2) is 12.1 Å². The quantitative estimate of drug-likeness (QED) is 0.607. The molecule has 7 heteroatoms. The zero-order chi connectivity index (χ0) is 16.1. The van der Waals surface area contributed by atoms with E-state index < -0.39 is 29.3 Å². The monoisotopic (exact) mass is 305 g/mol. The van der Waals surface area contributed by atoms with Gasteiger partial charge in [-0.05, 0) is 19.4 Å². The van der Waals surface area contributed by atoms with Crippen molar-refractivity contribution in [3.8, 4) is 0 Å². The summed E-state index contributed by atoms with van der Waals surface area (Å²) in [5.41, 5.74) is -1.08. The lowest BCUT2D eigenvalue weighted by atomic mass is 9.81. The topological polar surface area (TPSA) is 46.6 Å². The van der Waals surface area contributed by atoms with Crippen LogP contribution in [-0.4, -0.2) is 50.5 Å². The number of halogens is 2. The number of carbonyl (C=O) groups is 2. The number of ether oxygens (including phenoxy) is 1. The van der Waals surface area contributed by atoms with E-state index in [4.69, 9.17) is 12.6 Å². The predicted molar refractivity (Wildman–Crippen MR) is 75.5 cm³/mol. The van der Waals surface area contributed by atoms with E-state index in [2.05, 4.69) is 0 Å². The van der Waals surface area contributed by atoms with E-state index in [9.17, 15) is 18.4 Å². The van der Waals surface area contributed by atoms with Gasteiger partial charge in [-0.15, -0.1) is 0 Å². The van der Waals surface area contributed by atoms with Gasteiger partial charge < -0.3 is 9.64 Å². The van der Waals surface area contributed by atoms with Crippen LogP contribution in [0, 0.1) is 5.82 Å². The Morgan fingerprint density at radius 2 is 2.23 bits per heavy atom. The summed E-state index contributed by atoms with van der Waals surface area (Å²) in [6.45, 7) is 1.54. The maximum absolute atomic E-state index is 14.3. The number of rotatable bonds is 3. The minimum absolute atomic E-state index is 0.0425. The SMILES string of the molecule is [B]c1ccc2c(c1F)[C@]1(C[C@@H]1F)CN(CC(=O)OCC)C2=O. The average Bonchev–Trinajstić information content (AvgIpc) is 3.09. The summed E-state index contributed by atoms with van der Waals surface area (Å²) in [6, 6.07) is 2.67. The molecule has 0 unspecified atom stereocenters. The molecule has 1 amide bonds. The van der Waals surface area contributed by atoms with Gasteiger partial charge in [-0.25, -0.2) is 8.78 Å². The molecular weight excluding hydrogens is 291 g/mol. The number of amides is 1. The molecule has 4 nitrogen and oxygen atoms in total. The van der Waals surface area contributed by atoms with E-state index in [1.807, 2.05) is 0 Å². The van der Waals surface area contributed by atoms with Crippen LogP contribution in [0.5, 0.6) is 0 Å². The van der Waals surface area contributed by atoms with Gasteiger partial charge in [0.25, 0.3) is 5.91 Å². The lowest BCUT2D eigenvalue weighted by Gasteiger charge is -2.34. The Hall–Kier alpha value is -1.92. The first kappa shape index (κ1) is 15.0. The number of nitrogens with zero attached hydrogens (tertiary/aromatic N) is 1. The van der Waals surface area contributed by atoms with Crippen molar-refractivity contribution in [3.05, 3.63) is 29.1 Å². The highest BCUT2D eigenvalue weighted by Crippen LogP contribution is 2.54. The van der Waals surface area contributed by atoms with Crippen LogP contribution in [0.4, 0.5) is 8.78 Å². The number of fused-ring (bicyclic) bond motifs is 2. The van der Waals surface area contributed by atoms with E-state index in [0.717, 1.165) is 0 Å². The van der Waals surface area contributed by atoms with E-state index in [0.29, 0.717) is 0 Å². The highest BCUT2D eigenvalue weighted by Gasteiger charge is 2.62. The molecule has 3 rings (SSSR count). The Kier molecular flexibility index (Phi) is 3.46. The number of alkyl halides is 1. The van der Waals surface area contributed by atoms with Crippen LogP contribution in [0.2, 0.25) is 0 Å². The van der Waals surface area contributed by atoms with E-state index in [1.165, 1.54) is 17.0 Å². The Labute approximate surface area is 127 Å². The fourth-order valence-corrected chi connectivity index (χ4v) is 3.09. The normalized spacial score (nSPS) is 26.0. The molecule has 0 saturated heterocycles. The van der Waals surface area contributed by atoms with Crippen molar-refractivity contribution in [2.45, 2.75) is 24.9 Å². The van der Waals surface area contributed by atoms with Crippen LogP contribution in [0.3, 0.4) is 0 Å². The maximum atomic E-state index is 14.3. The number of esters is 1. The smallest absolute Gasteiger partial charge is 0.325 e. The summed E-state index contributed by atoms with van der Waals surface area (Å²) < 4.78 is 33.1. The molecule has 1 aliphatic heterocycles. The molecule has 22 heavy (non-hydrogen) atoms. The molecule has 2 radical (unpaired) electrons. The largest absolute Gasteiger partial charge is 0.465 e. The zero-order valence-corrected chi connectivity index (χ0v) is 12.1. The molecule has 114 valence electrons. The molecule has 1 saturated carbocycles. The van der Waals surface area contributed by atoms with Crippen LogP contribution < -0.4 is 5.46 Å². The number of hydrogen-bond acceptors (Lipinski definition) is 3. The first-order valence-corrected chi connectivity index (χ1v) is 7.08. The fraction of sp³-hybridized carbons (Fsp3) is 0.467.